The minimum atomic E-state index is -0.511. The summed E-state index contributed by atoms with van der Waals surface area (Å²) in [7, 11) is 1.38. The van der Waals surface area contributed by atoms with Gasteiger partial charge < -0.3 is 14.6 Å². The van der Waals surface area contributed by atoms with E-state index in [9.17, 15) is 15.2 Å². The summed E-state index contributed by atoms with van der Waals surface area (Å²) in [6.45, 7) is 0. The van der Waals surface area contributed by atoms with E-state index in [-0.39, 0.29) is 17.5 Å². The Hall–Kier alpha value is -1.82. The maximum Gasteiger partial charge on any atom is 0.314 e. The maximum atomic E-state index is 10.9. The molecule has 6 heteroatoms. The SMILES string of the molecule is COc1ccc(O[C@H]2CCCC[C@@H]2O)cc1[N+](=O)[O-]. The van der Waals surface area contributed by atoms with E-state index in [1.165, 1.54) is 19.2 Å². The van der Waals surface area contributed by atoms with Crippen LogP contribution in [-0.4, -0.2) is 29.3 Å². The quantitative estimate of drug-likeness (QED) is 0.668. The number of benzene rings is 1. The van der Waals surface area contributed by atoms with Gasteiger partial charge in [0.15, 0.2) is 5.75 Å². The number of rotatable bonds is 4. The van der Waals surface area contributed by atoms with E-state index in [4.69, 9.17) is 9.47 Å². The minimum Gasteiger partial charge on any atom is -0.490 e. The molecule has 0 aliphatic heterocycles. The van der Waals surface area contributed by atoms with Crippen molar-refractivity contribution in [1.82, 2.24) is 0 Å². The number of aliphatic hydroxyl groups excluding tert-OH is 1. The minimum absolute atomic E-state index is 0.134. The molecule has 0 unspecified atom stereocenters. The predicted octanol–water partition coefficient (Wildman–Crippen LogP) is 2.29. The lowest BCUT2D eigenvalue weighted by atomic mass is 9.95. The Labute approximate surface area is 111 Å². The largest absolute Gasteiger partial charge is 0.490 e. The van der Waals surface area contributed by atoms with Crippen LogP contribution in [0.15, 0.2) is 18.2 Å². The fourth-order valence-corrected chi connectivity index (χ4v) is 2.28. The van der Waals surface area contributed by atoms with E-state index >= 15 is 0 Å². The van der Waals surface area contributed by atoms with Crippen LogP contribution < -0.4 is 9.47 Å². The highest BCUT2D eigenvalue weighted by atomic mass is 16.6. The van der Waals surface area contributed by atoms with Gasteiger partial charge in [-0.2, -0.15) is 0 Å². The lowest BCUT2D eigenvalue weighted by Crippen LogP contribution is -2.34. The van der Waals surface area contributed by atoms with E-state index < -0.39 is 11.0 Å². The first-order valence-electron chi connectivity index (χ1n) is 6.29. The molecule has 1 aliphatic carbocycles. The van der Waals surface area contributed by atoms with Crippen LogP contribution in [0.5, 0.6) is 11.5 Å². The first-order valence-corrected chi connectivity index (χ1v) is 6.29. The molecule has 1 N–H and O–H groups in total. The molecule has 104 valence electrons. The fourth-order valence-electron chi connectivity index (χ4n) is 2.28. The first kappa shape index (κ1) is 13.6. The Morgan fingerprint density at radius 2 is 2.11 bits per heavy atom. The predicted molar refractivity (Wildman–Crippen MR) is 68.5 cm³/mol. The standard InChI is InChI=1S/C13H17NO5/c1-18-12-7-6-9(8-10(12)14(16)17)19-13-5-3-2-4-11(13)15/h6-8,11,13,15H,2-5H2,1H3/t11-,13-/m0/s1. The van der Waals surface area contributed by atoms with Gasteiger partial charge in [0.1, 0.15) is 11.9 Å². The lowest BCUT2D eigenvalue weighted by Gasteiger charge is -2.28. The Morgan fingerprint density at radius 3 is 2.74 bits per heavy atom. The van der Waals surface area contributed by atoms with E-state index in [2.05, 4.69) is 0 Å². The molecular formula is C13H17NO5. The van der Waals surface area contributed by atoms with Gasteiger partial charge in [-0.05, 0) is 31.4 Å². The molecule has 0 spiro atoms. The van der Waals surface area contributed by atoms with Gasteiger partial charge in [0, 0.05) is 0 Å². The Morgan fingerprint density at radius 1 is 1.37 bits per heavy atom. The summed E-state index contributed by atoms with van der Waals surface area (Å²) in [5.41, 5.74) is -0.134. The topological polar surface area (TPSA) is 81.8 Å². The average Bonchev–Trinajstić information content (AvgIpc) is 2.41. The number of nitro groups is 1. The molecule has 0 radical (unpaired) electrons. The zero-order valence-corrected chi connectivity index (χ0v) is 10.7. The fraction of sp³-hybridized carbons (Fsp3) is 0.538. The molecule has 0 bridgehead atoms. The van der Waals surface area contributed by atoms with Crippen molar-refractivity contribution in [2.75, 3.05) is 7.11 Å². The third-order valence-corrected chi connectivity index (χ3v) is 3.30. The van der Waals surface area contributed by atoms with Gasteiger partial charge in [-0.15, -0.1) is 0 Å². The summed E-state index contributed by atoms with van der Waals surface area (Å²) in [6.07, 6.45) is 2.67. The molecule has 1 aliphatic rings. The van der Waals surface area contributed by atoms with Crippen molar-refractivity contribution in [2.24, 2.45) is 0 Å². The second-order valence-electron chi connectivity index (χ2n) is 4.60. The highest BCUT2D eigenvalue weighted by Crippen LogP contribution is 2.32. The number of methoxy groups -OCH3 is 1. The van der Waals surface area contributed by atoms with Gasteiger partial charge in [-0.3, -0.25) is 10.1 Å². The van der Waals surface area contributed by atoms with E-state index in [0.29, 0.717) is 12.2 Å². The molecule has 0 heterocycles. The van der Waals surface area contributed by atoms with Crippen LogP contribution in [-0.2, 0) is 0 Å². The second-order valence-corrected chi connectivity index (χ2v) is 4.60. The van der Waals surface area contributed by atoms with Crippen molar-refractivity contribution >= 4 is 5.69 Å². The van der Waals surface area contributed by atoms with Crippen molar-refractivity contribution in [3.05, 3.63) is 28.3 Å². The molecule has 1 aromatic rings. The molecule has 2 atom stereocenters. The number of aliphatic hydroxyl groups is 1. The van der Waals surface area contributed by atoms with Crippen LogP contribution in [0.4, 0.5) is 5.69 Å². The number of nitro benzene ring substituents is 1. The summed E-state index contributed by atoms with van der Waals surface area (Å²) in [5, 5.41) is 20.7. The maximum absolute atomic E-state index is 10.9. The summed E-state index contributed by atoms with van der Waals surface area (Å²) in [4.78, 5) is 10.4. The van der Waals surface area contributed by atoms with Gasteiger partial charge in [0.25, 0.3) is 0 Å². The molecule has 1 fully saturated rings. The highest BCUT2D eigenvalue weighted by molar-refractivity contribution is 5.50. The molecule has 2 rings (SSSR count). The zero-order chi connectivity index (χ0) is 13.8. The van der Waals surface area contributed by atoms with E-state index in [1.807, 2.05) is 0 Å². The van der Waals surface area contributed by atoms with Gasteiger partial charge in [0.2, 0.25) is 0 Å². The van der Waals surface area contributed by atoms with Crippen molar-refractivity contribution in [3.8, 4) is 11.5 Å². The Kier molecular flexibility index (Phi) is 4.21. The van der Waals surface area contributed by atoms with Crippen LogP contribution in [0.1, 0.15) is 25.7 Å². The van der Waals surface area contributed by atoms with Crippen molar-refractivity contribution < 1.29 is 19.5 Å². The van der Waals surface area contributed by atoms with Crippen LogP contribution in [0, 0.1) is 10.1 Å². The van der Waals surface area contributed by atoms with Gasteiger partial charge in [-0.25, -0.2) is 0 Å². The van der Waals surface area contributed by atoms with Gasteiger partial charge in [0.05, 0.1) is 24.2 Å². The third-order valence-electron chi connectivity index (χ3n) is 3.30. The zero-order valence-electron chi connectivity index (χ0n) is 10.7. The lowest BCUT2D eigenvalue weighted by molar-refractivity contribution is -0.385. The second kappa shape index (κ2) is 5.88. The molecular weight excluding hydrogens is 250 g/mol. The summed E-state index contributed by atoms with van der Waals surface area (Å²) >= 11 is 0. The highest BCUT2D eigenvalue weighted by Gasteiger charge is 2.25. The number of nitrogens with zero attached hydrogens (tertiary/aromatic N) is 1. The smallest absolute Gasteiger partial charge is 0.314 e. The Balaban J connectivity index is 2.16. The van der Waals surface area contributed by atoms with Crippen molar-refractivity contribution in [3.63, 3.8) is 0 Å². The van der Waals surface area contributed by atoms with E-state index in [1.54, 1.807) is 6.07 Å². The summed E-state index contributed by atoms with van der Waals surface area (Å²) in [6, 6.07) is 4.45. The molecule has 1 aromatic carbocycles. The molecule has 1 saturated carbocycles. The normalized spacial score (nSPS) is 22.8. The van der Waals surface area contributed by atoms with Crippen LogP contribution in [0.2, 0.25) is 0 Å². The van der Waals surface area contributed by atoms with Crippen molar-refractivity contribution in [2.45, 2.75) is 37.9 Å². The monoisotopic (exact) mass is 267 g/mol. The van der Waals surface area contributed by atoms with E-state index in [0.717, 1.165) is 19.3 Å². The summed E-state index contributed by atoms with van der Waals surface area (Å²) in [5.74, 6) is 0.583. The Bertz CT molecular complexity index is 462. The van der Waals surface area contributed by atoms with Crippen LogP contribution in [0.25, 0.3) is 0 Å². The molecule has 19 heavy (non-hydrogen) atoms. The number of hydrogen-bond acceptors (Lipinski definition) is 5. The first-order chi connectivity index (χ1) is 9.11. The van der Waals surface area contributed by atoms with Crippen LogP contribution in [0.3, 0.4) is 0 Å². The summed E-state index contributed by atoms with van der Waals surface area (Å²) < 4.78 is 10.6. The molecule has 0 aromatic heterocycles. The third kappa shape index (κ3) is 3.14. The average molecular weight is 267 g/mol. The number of ether oxygens (including phenoxy) is 2. The molecule has 0 saturated heterocycles. The van der Waals surface area contributed by atoms with Crippen LogP contribution >= 0.6 is 0 Å². The van der Waals surface area contributed by atoms with Crippen molar-refractivity contribution in [1.29, 1.82) is 0 Å². The van der Waals surface area contributed by atoms with Gasteiger partial charge >= 0.3 is 5.69 Å². The molecule has 6 nitrogen and oxygen atoms in total. The molecule has 0 amide bonds. The van der Waals surface area contributed by atoms with Gasteiger partial charge in [-0.1, -0.05) is 6.42 Å². The number of hydrogen-bond donors (Lipinski definition) is 1.